The molecule has 4 rings (SSSR count). The Bertz CT molecular complexity index is 1200. The number of nitrogens with zero attached hydrogens (tertiary/aromatic N) is 3. The number of hydrogen-bond acceptors (Lipinski definition) is 6. The van der Waals surface area contributed by atoms with Crippen LogP contribution in [0.2, 0.25) is 0 Å². The summed E-state index contributed by atoms with van der Waals surface area (Å²) < 4.78 is 12.4. The molecular formula is C25H27N3O5. The molecule has 3 aromatic rings. The molecule has 1 aromatic heterocycles. The SMILES string of the molecule is CCCCc1nc(=O)c(C(=O)N2Cc3ccccc3C2)c(O)n1-c1c(OC)cccc1OC. The van der Waals surface area contributed by atoms with Crippen molar-refractivity contribution < 1.29 is 19.4 Å². The highest BCUT2D eigenvalue weighted by Crippen LogP contribution is 2.37. The van der Waals surface area contributed by atoms with Gasteiger partial charge in [-0.15, -0.1) is 0 Å². The number of methoxy groups -OCH3 is 2. The molecule has 0 saturated heterocycles. The van der Waals surface area contributed by atoms with Crippen molar-refractivity contribution in [3.05, 3.63) is 75.3 Å². The fourth-order valence-corrected chi connectivity index (χ4v) is 4.16. The van der Waals surface area contributed by atoms with Crippen molar-refractivity contribution in [2.45, 2.75) is 39.3 Å². The van der Waals surface area contributed by atoms with Crippen LogP contribution in [-0.4, -0.2) is 39.7 Å². The Morgan fingerprint density at radius 3 is 2.18 bits per heavy atom. The highest BCUT2D eigenvalue weighted by atomic mass is 16.5. The molecule has 172 valence electrons. The summed E-state index contributed by atoms with van der Waals surface area (Å²) in [6.07, 6.45) is 2.05. The first kappa shape index (κ1) is 22.4. The van der Waals surface area contributed by atoms with E-state index >= 15 is 0 Å². The van der Waals surface area contributed by atoms with Gasteiger partial charge in [-0.2, -0.15) is 4.98 Å². The summed E-state index contributed by atoms with van der Waals surface area (Å²) in [6, 6.07) is 12.9. The number of benzene rings is 2. The summed E-state index contributed by atoms with van der Waals surface area (Å²) in [5.41, 5.74) is 1.31. The van der Waals surface area contributed by atoms with Gasteiger partial charge >= 0.3 is 0 Å². The number of ether oxygens (including phenoxy) is 2. The van der Waals surface area contributed by atoms with E-state index < -0.39 is 17.3 Å². The molecule has 33 heavy (non-hydrogen) atoms. The van der Waals surface area contributed by atoms with Gasteiger partial charge in [0.05, 0.1) is 14.2 Å². The largest absolute Gasteiger partial charge is 0.494 e. The van der Waals surface area contributed by atoms with Crippen molar-refractivity contribution in [3.63, 3.8) is 0 Å². The maximum atomic E-state index is 13.4. The fraction of sp³-hybridized carbons (Fsp3) is 0.320. The first-order valence-corrected chi connectivity index (χ1v) is 10.9. The van der Waals surface area contributed by atoms with Gasteiger partial charge in [0.1, 0.15) is 23.0 Å². The summed E-state index contributed by atoms with van der Waals surface area (Å²) >= 11 is 0. The number of aryl methyl sites for hydroxylation is 1. The molecule has 8 heteroatoms. The van der Waals surface area contributed by atoms with E-state index in [1.165, 1.54) is 23.7 Å². The van der Waals surface area contributed by atoms with Gasteiger partial charge in [0, 0.05) is 19.5 Å². The van der Waals surface area contributed by atoms with E-state index in [0.717, 1.165) is 24.0 Å². The lowest BCUT2D eigenvalue weighted by atomic mass is 10.1. The molecule has 0 radical (unpaired) electrons. The molecule has 0 spiro atoms. The number of carbonyl (C=O) groups excluding carboxylic acids is 1. The Kier molecular flexibility index (Phi) is 6.35. The van der Waals surface area contributed by atoms with Crippen LogP contribution in [0.25, 0.3) is 5.69 Å². The summed E-state index contributed by atoms with van der Waals surface area (Å²) in [4.78, 5) is 32.2. The summed E-state index contributed by atoms with van der Waals surface area (Å²) in [5, 5.41) is 11.4. The zero-order chi connectivity index (χ0) is 23.5. The topological polar surface area (TPSA) is 93.9 Å². The van der Waals surface area contributed by atoms with Gasteiger partial charge in [-0.1, -0.05) is 43.7 Å². The van der Waals surface area contributed by atoms with Gasteiger partial charge in [-0.05, 0) is 29.7 Å². The normalized spacial score (nSPS) is 12.5. The monoisotopic (exact) mass is 449 g/mol. The molecule has 8 nitrogen and oxygen atoms in total. The summed E-state index contributed by atoms with van der Waals surface area (Å²) in [5.74, 6) is 0.138. The van der Waals surface area contributed by atoms with Crippen LogP contribution in [-0.2, 0) is 19.5 Å². The summed E-state index contributed by atoms with van der Waals surface area (Å²) in [7, 11) is 3.01. The van der Waals surface area contributed by atoms with Crippen molar-refractivity contribution in [2.75, 3.05) is 14.2 Å². The molecule has 0 aliphatic carbocycles. The fourth-order valence-electron chi connectivity index (χ4n) is 4.16. The average Bonchev–Trinajstić information content (AvgIpc) is 3.26. The molecule has 0 atom stereocenters. The minimum absolute atomic E-state index is 0.336. The van der Waals surface area contributed by atoms with Gasteiger partial charge in [-0.25, -0.2) is 0 Å². The van der Waals surface area contributed by atoms with Crippen LogP contribution >= 0.6 is 0 Å². The Morgan fingerprint density at radius 2 is 1.64 bits per heavy atom. The van der Waals surface area contributed by atoms with Crippen molar-refractivity contribution in [2.24, 2.45) is 0 Å². The van der Waals surface area contributed by atoms with E-state index in [-0.39, 0.29) is 5.56 Å². The molecule has 2 heterocycles. The van der Waals surface area contributed by atoms with Crippen LogP contribution in [0.1, 0.15) is 47.1 Å². The first-order chi connectivity index (χ1) is 16.0. The van der Waals surface area contributed by atoms with Crippen molar-refractivity contribution >= 4 is 5.91 Å². The Morgan fingerprint density at radius 1 is 1.03 bits per heavy atom. The number of unbranched alkanes of at least 4 members (excludes halogenated alkanes) is 1. The van der Waals surface area contributed by atoms with Gasteiger partial charge in [0.25, 0.3) is 11.5 Å². The second-order valence-electron chi connectivity index (χ2n) is 7.91. The van der Waals surface area contributed by atoms with E-state index in [4.69, 9.17) is 9.47 Å². The molecular weight excluding hydrogens is 422 g/mol. The third kappa shape index (κ3) is 4.04. The highest BCUT2D eigenvalue weighted by Gasteiger charge is 2.31. The molecule has 1 amide bonds. The van der Waals surface area contributed by atoms with Crippen LogP contribution in [0.4, 0.5) is 0 Å². The number of rotatable bonds is 7. The third-order valence-corrected chi connectivity index (χ3v) is 5.86. The number of aromatic hydroxyl groups is 1. The zero-order valence-electron chi connectivity index (χ0n) is 19.0. The Balaban J connectivity index is 1.88. The molecule has 0 saturated carbocycles. The molecule has 1 aliphatic rings. The predicted molar refractivity (Wildman–Crippen MR) is 123 cm³/mol. The number of aromatic nitrogens is 2. The van der Waals surface area contributed by atoms with E-state index in [9.17, 15) is 14.7 Å². The number of fused-ring (bicyclic) bond motifs is 1. The molecule has 1 aliphatic heterocycles. The lowest BCUT2D eigenvalue weighted by molar-refractivity contribution is 0.0744. The zero-order valence-corrected chi connectivity index (χ0v) is 19.0. The smallest absolute Gasteiger partial charge is 0.289 e. The Labute approximate surface area is 192 Å². The van der Waals surface area contributed by atoms with E-state index in [0.29, 0.717) is 42.5 Å². The second kappa shape index (κ2) is 9.36. The maximum absolute atomic E-state index is 13.4. The average molecular weight is 450 g/mol. The van der Waals surface area contributed by atoms with Crippen LogP contribution < -0.4 is 15.0 Å². The van der Waals surface area contributed by atoms with E-state index in [1.54, 1.807) is 18.2 Å². The first-order valence-electron chi connectivity index (χ1n) is 10.9. The van der Waals surface area contributed by atoms with Crippen LogP contribution in [0, 0.1) is 0 Å². The molecule has 0 unspecified atom stereocenters. The minimum atomic E-state index is -0.746. The van der Waals surface area contributed by atoms with Gasteiger partial charge < -0.3 is 19.5 Å². The van der Waals surface area contributed by atoms with E-state index in [1.807, 2.05) is 31.2 Å². The minimum Gasteiger partial charge on any atom is -0.494 e. The van der Waals surface area contributed by atoms with Crippen LogP contribution in [0.15, 0.2) is 47.3 Å². The maximum Gasteiger partial charge on any atom is 0.289 e. The number of hydrogen-bond donors (Lipinski definition) is 1. The van der Waals surface area contributed by atoms with Crippen molar-refractivity contribution in [1.29, 1.82) is 0 Å². The quantitative estimate of drug-likeness (QED) is 0.594. The number of carbonyl (C=O) groups is 1. The van der Waals surface area contributed by atoms with E-state index in [2.05, 4.69) is 4.98 Å². The molecule has 0 bridgehead atoms. The number of para-hydroxylation sites is 1. The van der Waals surface area contributed by atoms with Crippen molar-refractivity contribution in [3.8, 4) is 23.1 Å². The summed E-state index contributed by atoms with van der Waals surface area (Å²) in [6.45, 7) is 2.75. The molecule has 0 fully saturated rings. The predicted octanol–water partition coefficient (Wildman–Crippen LogP) is 3.45. The Hall–Kier alpha value is -3.81. The second-order valence-corrected chi connectivity index (χ2v) is 7.91. The van der Waals surface area contributed by atoms with Gasteiger partial charge in [-0.3, -0.25) is 14.2 Å². The van der Waals surface area contributed by atoms with Crippen molar-refractivity contribution in [1.82, 2.24) is 14.5 Å². The van der Waals surface area contributed by atoms with Crippen LogP contribution in [0.3, 0.4) is 0 Å². The molecule has 2 aromatic carbocycles. The molecule has 1 N–H and O–H groups in total. The highest BCUT2D eigenvalue weighted by molar-refractivity contribution is 5.96. The third-order valence-electron chi connectivity index (χ3n) is 5.86. The lowest BCUT2D eigenvalue weighted by Gasteiger charge is -2.22. The lowest BCUT2D eigenvalue weighted by Crippen LogP contribution is -2.33. The standard InChI is InChI=1S/C25H27N3O5/c1-4-5-13-20-26-23(29)21(24(30)27-14-16-9-6-7-10-17(16)15-27)25(31)28(20)22-18(32-2)11-8-12-19(22)33-3/h6-12,31H,4-5,13-15H2,1-3H3. The van der Waals surface area contributed by atoms with Gasteiger partial charge in [0.15, 0.2) is 5.56 Å². The van der Waals surface area contributed by atoms with Gasteiger partial charge in [0.2, 0.25) is 5.88 Å². The van der Waals surface area contributed by atoms with Crippen LogP contribution in [0.5, 0.6) is 17.4 Å². The number of amides is 1.